The largest absolute Gasteiger partial charge is 0.416 e. The first kappa shape index (κ1) is 19.7. The van der Waals surface area contributed by atoms with E-state index in [2.05, 4.69) is 15.3 Å². The first-order valence-corrected chi connectivity index (χ1v) is 8.53. The van der Waals surface area contributed by atoms with Crippen molar-refractivity contribution in [2.45, 2.75) is 25.7 Å². The Morgan fingerprint density at radius 2 is 1.75 bits per heavy atom. The monoisotopic (exact) mass is 392 g/mol. The van der Waals surface area contributed by atoms with Crippen LogP contribution in [0.1, 0.15) is 18.1 Å². The van der Waals surface area contributed by atoms with Crippen LogP contribution in [0.2, 0.25) is 0 Å². The van der Waals surface area contributed by atoms with Gasteiger partial charge >= 0.3 is 11.9 Å². The minimum atomic E-state index is -4.37. The summed E-state index contributed by atoms with van der Waals surface area (Å²) >= 11 is 0. The van der Waals surface area contributed by atoms with Crippen molar-refractivity contribution in [2.75, 3.05) is 12.4 Å². The normalized spacial score (nSPS) is 13.1. The van der Waals surface area contributed by atoms with Gasteiger partial charge in [-0.25, -0.2) is 4.79 Å². The molecular formula is C19H19F3N4O2. The number of H-pyrrole nitrogens is 2. The third-order valence-corrected chi connectivity index (χ3v) is 4.54. The summed E-state index contributed by atoms with van der Waals surface area (Å²) < 4.78 is 37.9. The van der Waals surface area contributed by atoms with Gasteiger partial charge in [0.05, 0.1) is 22.6 Å². The van der Waals surface area contributed by atoms with Crippen molar-refractivity contribution >= 4 is 22.6 Å². The first-order valence-electron chi connectivity index (χ1n) is 8.53. The first-order chi connectivity index (χ1) is 13.1. The van der Waals surface area contributed by atoms with E-state index in [0.717, 1.165) is 12.1 Å². The molecule has 1 atom stereocenters. The van der Waals surface area contributed by atoms with Gasteiger partial charge in [0.2, 0.25) is 5.91 Å². The molecule has 148 valence electrons. The molecule has 0 saturated carbocycles. The molecule has 2 aromatic carbocycles. The number of nitrogens with zero attached hydrogens (tertiary/aromatic N) is 1. The van der Waals surface area contributed by atoms with Crippen molar-refractivity contribution in [1.82, 2.24) is 14.9 Å². The fourth-order valence-corrected chi connectivity index (χ4v) is 2.78. The molecule has 0 radical (unpaired) electrons. The number of hydrogen-bond donors (Lipinski definition) is 3. The lowest BCUT2D eigenvalue weighted by atomic mass is 10.1. The van der Waals surface area contributed by atoms with Crippen molar-refractivity contribution in [3.05, 3.63) is 64.1 Å². The second-order valence-electron chi connectivity index (χ2n) is 6.61. The van der Waals surface area contributed by atoms with Crippen molar-refractivity contribution in [3.63, 3.8) is 0 Å². The lowest BCUT2D eigenvalue weighted by Gasteiger charge is -2.24. The van der Waals surface area contributed by atoms with Crippen LogP contribution in [0.25, 0.3) is 11.0 Å². The molecule has 3 aromatic rings. The van der Waals surface area contributed by atoms with Crippen molar-refractivity contribution in [1.29, 1.82) is 0 Å². The molecule has 9 heteroatoms. The van der Waals surface area contributed by atoms with E-state index in [1.54, 1.807) is 37.1 Å². The number of imidazole rings is 1. The number of benzene rings is 2. The number of fused-ring (bicyclic) bond motifs is 1. The van der Waals surface area contributed by atoms with Crippen LogP contribution in [-0.2, 0) is 17.5 Å². The predicted octanol–water partition coefficient (Wildman–Crippen LogP) is 3.33. The number of nitrogens with one attached hydrogen (secondary N) is 3. The molecule has 1 aromatic heterocycles. The van der Waals surface area contributed by atoms with Crippen LogP contribution in [0.5, 0.6) is 0 Å². The van der Waals surface area contributed by atoms with Gasteiger partial charge in [-0.05, 0) is 49.9 Å². The summed E-state index contributed by atoms with van der Waals surface area (Å²) in [7, 11) is 1.72. The Morgan fingerprint density at radius 1 is 1.11 bits per heavy atom. The highest BCUT2D eigenvalue weighted by Crippen LogP contribution is 2.29. The summed E-state index contributed by atoms with van der Waals surface area (Å²) in [4.78, 5) is 30.8. The molecule has 3 rings (SSSR count). The van der Waals surface area contributed by atoms with Gasteiger partial charge in [0.1, 0.15) is 0 Å². The number of rotatable bonds is 5. The van der Waals surface area contributed by atoms with Gasteiger partial charge in [0, 0.05) is 12.2 Å². The summed E-state index contributed by atoms with van der Waals surface area (Å²) in [5.41, 5.74) is 1.37. The maximum Gasteiger partial charge on any atom is 0.416 e. The smallest absolute Gasteiger partial charge is 0.325 e. The molecular weight excluding hydrogens is 373 g/mol. The Hall–Kier alpha value is -3.07. The Morgan fingerprint density at radius 3 is 2.39 bits per heavy atom. The molecule has 0 aliphatic rings. The molecule has 6 nitrogen and oxygen atoms in total. The maximum atomic E-state index is 12.6. The number of halogens is 3. The summed E-state index contributed by atoms with van der Waals surface area (Å²) in [6.07, 6.45) is -4.37. The minimum Gasteiger partial charge on any atom is -0.325 e. The Balaban J connectivity index is 1.63. The molecule has 3 N–H and O–H groups in total. The average molecular weight is 392 g/mol. The average Bonchev–Trinajstić information content (AvgIpc) is 3.00. The molecule has 0 spiro atoms. The number of carbonyl (C=O) groups excluding carboxylic acids is 1. The maximum absolute atomic E-state index is 12.6. The van der Waals surface area contributed by atoms with E-state index in [0.29, 0.717) is 28.8 Å². The zero-order valence-electron chi connectivity index (χ0n) is 15.2. The molecule has 0 aliphatic heterocycles. The lowest BCUT2D eigenvalue weighted by molar-refractivity contribution is -0.137. The number of aromatic nitrogens is 2. The van der Waals surface area contributed by atoms with Gasteiger partial charge in [-0.2, -0.15) is 13.2 Å². The number of aromatic amines is 2. The van der Waals surface area contributed by atoms with Crippen LogP contribution in [0.3, 0.4) is 0 Å². The molecule has 0 fully saturated rings. The number of likely N-dealkylation sites (N-methyl/N-ethyl adjacent to an activating group) is 1. The van der Waals surface area contributed by atoms with Crippen LogP contribution in [0, 0.1) is 0 Å². The summed E-state index contributed by atoms with van der Waals surface area (Å²) in [6.45, 7) is 2.02. The Kier molecular flexibility index (Phi) is 5.28. The van der Waals surface area contributed by atoms with Gasteiger partial charge < -0.3 is 15.3 Å². The number of carbonyl (C=O) groups is 1. The molecule has 1 heterocycles. The standard InChI is InChI=1S/C19H19F3N4O2/c1-11(26(2)10-12-3-5-13(6-4-12)19(20,21)22)17(27)23-14-7-8-15-16(9-14)25-18(28)24-15/h3-9,11H,10H2,1-2H3,(H,23,27)(H2,24,25,28)/t11-/m1/s1. The summed E-state index contributed by atoms with van der Waals surface area (Å²) in [5, 5.41) is 2.77. The van der Waals surface area contributed by atoms with Crippen molar-refractivity contribution < 1.29 is 18.0 Å². The zero-order valence-corrected chi connectivity index (χ0v) is 15.2. The Bertz CT molecular complexity index is 1040. The lowest BCUT2D eigenvalue weighted by Crippen LogP contribution is -2.39. The highest BCUT2D eigenvalue weighted by atomic mass is 19.4. The van der Waals surface area contributed by atoms with Crippen LogP contribution >= 0.6 is 0 Å². The summed E-state index contributed by atoms with van der Waals surface area (Å²) in [5.74, 6) is -0.272. The van der Waals surface area contributed by atoms with E-state index in [1.807, 2.05) is 0 Å². The Labute approximate surface area is 158 Å². The van der Waals surface area contributed by atoms with Gasteiger partial charge in [0.25, 0.3) is 0 Å². The molecule has 0 saturated heterocycles. The van der Waals surface area contributed by atoms with Gasteiger partial charge in [0.15, 0.2) is 0 Å². The van der Waals surface area contributed by atoms with E-state index in [9.17, 15) is 22.8 Å². The quantitative estimate of drug-likeness (QED) is 0.623. The van der Waals surface area contributed by atoms with Crippen LogP contribution in [0.4, 0.5) is 18.9 Å². The van der Waals surface area contributed by atoms with Crippen LogP contribution < -0.4 is 11.0 Å². The minimum absolute atomic E-state index is 0.272. The van der Waals surface area contributed by atoms with Crippen LogP contribution in [-0.4, -0.2) is 33.9 Å². The second kappa shape index (κ2) is 7.51. The molecule has 28 heavy (non-hydrogen) atoms. The third-order valence-electron chi connectivity index (χ3n) is 4.54. The highest BCUT2D eigenvalue weighted by Gasteiger charge is 2.30. The van der Waals surface area contributed by atoms with Crippen LogP contribution in [0.15, 0.2) is 47.3 Å². The second-order valence-corrected chi connectivity index (χ2v) is 6.61. The topological polar surface area (TPSA) is 81.0 Å². The zero-order chi connectivity index (χ0) is 20.5. The van der Waals surface area contributed by atoms with Gasteiger partial charge in [-0.1, -0.05) is 12.1 Å². The van der Waals surface area contributed by atoms with E-state index in [4.69, 9.17) is 0 Å². The summed E-state index contributed by atoms with van der Waals surface area (Å²) in [6, 6.07) is 9.34. The van der Waals surface area contributed by atoms with E-state index in [-0.39, 0.29) is 11.6 Å². The highest BCUT2D eigenvalue weighted by molar-refractivity contribution is 5.96. The number of alkyl halides is 3. The molecule has 0 unspecified atom stereocenters. The SMILES string of the molecule is C[C@H](C(=O)Nc1ccc2[nH]c(=O)[nH]c2c1)N(C)Cc1ccc(C(F)(F)F)cc1. The molecule has 0 bridgehead atoms. The number of hydrogen-bond acceptors (Lipinski definition) is 3. The van der Waals surface area contributed by atoms with Gasteiger partial charge in [-0.15, -0.1) is 0 Å². The fourth-order valence-electron chi connectivity index (χ4n) is 2.78. The third kappa shape index (κ3) is 4.42. The van der Waals surface area contributed by atoms with Crippen molar-refractivity contribution in [2.24, 2.45) is 0 Å². The van der Waals surface area contributed by atoms with Crippen molar-refractivity contribution in [3.8, 4) is 0 Å². The number of anilines is 1. The van der Waals surface area contributed by atoms with E-state index in [1.165, 1.54) is 12.1 Å². The predicted molar refractivity (Wildman–Crippen MR) is 99.9 cm³/mol. The molecule has 0 aliphatic carbocycles. The van der Waals surface area contributed by atoms with E-state index >= 15 is 0 Å². The van der Waals surface area contributed by atoms with Gasteiger partial charge in [-0.3, -0.25) is 9.69 Å². The molecule has 1 amide bonds. The number of amides is 1. The van der Waals surface area contributed by atoms with E-state index < -0.39 is 17.8 Å². The fraction of sp³-hybridized carbons (Fsp3) is 0.263.